The minimum Gasteiger partial charge on any atom is -0.497 e. The van der Waals surface area contributed by atoms with Crippen LogP contribution in [0.2, 0.25) is 0 Å². The van der Waals surface area contributed by atoms with E-state index >= 15 is 0 Å². The highest BCUT2D eigenvalue weighted by molar-refractivity contribution is 5.79. The van der Waals surface area contributed by atoms with Crippen molar-refractivity contribution in [1.82, 2.24) is 5.32 Å². The third kappa shape index (κ3) is 4.07. The summed E-state index contributed by atoms with van der Waals surface area (Å²) in [6.45, 7) is 2.00. The lowest BCUT2D eigenvalue weighted by Gasteiger charge is -2.18. The van der Waals surface area contributed by atoms with Gasteiger partial charge in [0, 0.05) is 0 Å². The molecule has 0 aromatic heterocycles. The largest absolute Gasteiger partial charge is 0.497 e. The van der Waals surface area contributed by atoms with Gasteiger partial charge < -0.3 is 10.1 Å². The lowest BCUT2D eigenvalue weighted by atomic mass is 10.0. The second-order valence-corrected chi connectivity index (χ2v) is 5.07. The maximum Gasteiger partial charge on any atom is 0.225 e. The van der Waals surface area contributed by atoms with Gasteiger partial charge in [0.2, 0.25) is 5.91 Å². The van der Waals surface area contributed by atoms with Gasteiger partial charge in [-0.3, -0.25) is 4.79 Å². The lowest BCUT2D eigenvalue weighted by molar-refractivity contribution is -0.121. The Balaban J connectivity index is 2.03. The Kier molecular flexibility index (Phi) is 5.53. The van der Waals surface area contributed by atoms with E-state index in [1.165, 1.54) is 6.07 Å². The van der Waals surface area contributed by atoms with Crippen molar-refractivity contribution in [2.75, 3.05) is 7.11 Å². The van der Waals surface area contributed by atoms with Crippen molar-refractivity contribution in [3.63, 3.8) is 0 Å². The number of methoxy groups -OCH3 is 1. The third-order valence-corrected chi connectivity index (χ3v) is 3.57. The van der Waals surface area contributed by atoms with Crippen molar-refractivity contribution < 1.29 is 13.9 Å². The highest BCUT2D eigenvalue weighted by Crippen LogP contribution is 2.20. The number of rotatable bonds is 6. The van der Waals surface area contributed by atoms with Gasteiger partial charge in [0.05, 0.1) is 19.6 Å². The van der Waals surface area contributed by atoms with Gasteiger partial charge >= 0.3 is 0 Å². The van der Waals surface area contributed by atoms with E-state index in [1.807, 2.05) is 31.2 Å². The molecule has 0 aliphatic rings. The fraction of sp³-hybridized carbons (Fsp3) is 0.278. The average Bonchev–Trinajstić information content (AvgIpc) is 2.55. The molecule has 0 radical (unpaired) electrons. The first-order chi connectivity index (χ1) is 10.6. The van der Waals surface area contributed by atoms with E-state index in [1.54, 1.807) is 25.3 Å². The van der Waals surface area contributed by atoms with Crippen molar-refractivity contribution in [3.8, 4) is 5.75 Å². The maximum absolute atomic E-state index is 13.6. The summed E-state index contributed by atoms with van der Waals surface area (Å²) < 4.78 is 18.7. The van der Waals surface area contributed by atoms with Crippen molar-refractivity contribution in [2.24, 2.45) is 0 Å². The predicted octanol–water partition coefficient (Wildman–Crippen LogP) is 3.64. The molecule has 1 unspecified atom stereocenters. The Morgan fingerprint density at radius 2 is 1.86 bits per heavy atom. The second-order valence-electron chi connectivity index (χ2n) is 5.07. The molecule has 1 amide bonds. The smallest absolute Gasteiger partial charge is 0.225 e. The van der Waals surface area contributed by atoms with Gasteiger partial charge in [0.25, 0.3) is 0 Å². The summed E-state index contributed by atoms with van der Waals surface area (Å²) in [5, 5.41) is 2.95. The van der Waals surface area contributed by atoms with Crippen molar-refractivity contribution in [1.29, 1.82) is 0 Å². The molecule has 1 atom stereocenters. The standard InChI is InChI=1S/C18H20FNO2/c1-3-17(13-8-10-15(22-2)11-9-13)20-18(21)12-14-6-4-5-7-16(14)19/h4-11,17H,3,12H2,1-2H3,(H,20,21). The minimum absolute atomic E-state index is 0.0410. The lowest BCUT2D eigenvalue weighted by Crippen LogP contribution is -2.29. The molecule has 0 heterocycles. The van der Waals surface area contributed by atoms with Crippen LogP contribution in [0, 0.1) is 5.82 Å². The van der Waals surface area contributed by atoms with Crippen LogP contribution < -0.4 is 10.1 Å². The van der Waals surface area contributed by atoms with Crippen LogP contribution in [-0.4, -0.2) is 13.0 Å². The molecule has 0 aliphatic carbocycles. The molecule has 22 heavy (non-hydrogen) atoms. The zero-order valence-electron chi connectivity index (χ0n) is 12.8. The predicted molar refractivity (Wildman–Crippen MR) is 84.3 cm³/mol. The summed E-state index contributed by atoms with van der Waals surface area (Å²) in [4.78, 5) is 12.1. The molecule has 2 rings (SSSR count). The summed E-state index contributed by atoms with van der Waals surface area (Å²) in [6, 6.07) is 13.8. The molecule has 0 aliphatic heterocycles. The Labute approximate surface area is 130 Å². The molecule has 0 bridgehead atoms. The van der Waals surface area contributed by atoms with Gasteiger partial charge in [-0.2, -0.15) is 0 Å². The normalized spacial score (nSPS) is 11.8. The van der Waals surface area contributed by atoms with Gasteiger partial charge in [-0.05, 0) is 35.7 Å². The van der Waals surface area contributed by atoms with Crippen LogP contribution in [0.4, 0.5) is 4.39 Å². The van der Waals surface area contributed by atoms with E-state index in [4.69, 9.17) is 4.74 Å². The van der Waals surface area contributed by atoms with Crippen LogP contribution in [0.1, 0.15) is 30.5 Å². The van der Waals surface area contributed by atoms with Crippen LogP contribution in [0.5, 0.6) is 5.75 Å². The van der Waals surface area contributed by atoms with Crippen LogP contribution in [0.25, 0.3) is 0 Å². The van der Waals surface area contributed by atoms with Gasteiger partial charge in [-0.15, -0.1) is 0 Å². The van der Waals surface area contributed by atoms with Gasteiger partial charge in [0.1, 0.15) is 11.6 Å². The number of nitrogens with one attached hydrogen (secondary N) is 1. The van der Waals surface area contributed by atoms with Crippen molar-refractivity contribution in [3.05, 3.63) is 65.5 Å². The van der Waals surface area contributed by atoms with Crippen LogP contribution in [0.15, 0.2) is 48.5 Å². The van der Waals surface area contributed by atoms with Gasteiger partial charge in [-0.1, -0.05) is 37.3 Å². The van der Waals surface area contributed by atoms with Crippen LogP contribution in [-0.2, 0) is 11.2 Å². The highest BCUT2D eigenvalue weighted by atomic mass is 19.1. The summed E-state index contributed by atoms with van der Waals surface area (Å²) in [5.74, 6) is 0.235. The topological polar surface area (TPSA) is 38.3 Å². The zero-order chi connectivity index (χ0) is 15.9. The van der Waals surface area contributed by atoms with E-state index in [0.29, 0.717) is 5.56 Å². The molecule has 116 valence electrons. The molecule has 2 aromatic rings. The second kappa shape index (κ2) is 7.59. The number of benzene rings is 2. The van der Waals surface area contributed by atoms with E-state index in [2.05, 4.69) is 5.32 Å². The number of carbonyl (C=O) groups is 1. The average molecular weight is 301 g/mol. The molecular formula is C18H20FNO2. The molecule has 2 aromatic carbocycles. The highest BCUT2D eigenvalue weighted by Gasteiger charge is 2.14. The number of carbonyl (C=O) groups excluding carboxylic acids is 1. The molecule has 3 nitrogen and oxygen atoms in total. The molecule has 0 saturated carbocycles. The van der Waals surface area contributed by atoms with Crippen molar-refractivity contribution >= 4 is 5.91 Å². The molecule has 0 fully saturated rings. The molecule has 1 N–H and O–H groups in total. The summed E-state index contributed by atoms with van der Waals surface area (Å²) >= 11 is 0. The number of ether oxygens (including phenoxy) is 1. The monoisotopic (exact) mass is 301 g/mol. The number of amides is 1. The van der Waals surface area contributed by atoms with Gasteiger partial charge in [-0.25, -0.2) is 4.39 Å². The summed E-state index contributed by atoms with van der Waals surface area (Å²) in [5.41, 5.74) is 1.41. The molecule has 4 heteroatoms. The van der Waals surface area contributed by atoms with Crippen LogP contribution in [0.3, 0.4) is 0 Å². The number of halogens is 1. The summed E-state index contributed by atoms with van der Waals surface area (Å²) in [7, 11) is 1.61. The minimum atomic E-state index is -0.352. The molecule has 0 spiro atoms. The number of hydrogen-bond acceptors (Lipinski definition) is 2. The van der Waals surface area contributed by atoms with E-state index in [-0.39, 0.29) is 24.2 Å². The Bertz CT molecular complexity index is 625. The number of hydrogen-bond donors (Lipinski definition) is 1. The maximum atomic E-state index is 13.6. The first-order valence-corrected chi connectivity index (χ1v) is 7.30. The first kappa shape index (κ1) is 16.0. The van der Waals surface area contributed by atoms with E-state index in [9.17, 15) is 9.18 Å². The fourth-order valence-electron chi connectivity index (χ4n) is 2.32. The van der Waals surface area contributed by atoms with E-state index in [0.717, 1.165) is 17.7 Å². The fourth-order valence-corrected chi connectivity index (χ4v) is 2.32. The van der Waals surface area contributed by atoms with E-state index < -0.39 is 0 Å². The Hall–Kier alpha value is -2.36. The first-order valence-electron chi connectivity index (χ1n) is 7.30. The zero-order valence-corrected chi connectivity index (χ0v) is 12.8. The van der Waals surface area contributed by atoms with Gasteiger partial charge in [0.15, 0.2) is 0 Å². The quantitative estimate of drug-likeness (QED) is 0.884. The van der Waals surface area contributed by atoms with Crippen LogP contribution >= 0.6 is 0 Å². The molecular weight excluding hydrogens is 281 g/mol. The van der Waals surface area contributed by atoms with Crippen molar-refractivity contribution in [2.45, 2.75) is 25.8 Å². The SMILES string of the molecule is CCC(NC(=O)Cc1ccccc1F)c1ccc(OC)cc1. The summed E-state index contributed by atoms with van der Waals surface area (Å²) in [6.07, 6.45) is 0.800. The Morgan fingerprint density at radius 3 is 2.45 bits per heavy atom. The Morgan fingerprint density at radius 1 is 1.18 bits per heavy atom. The molecule has 0 saturated heterocycles. The third-order valence-electron chi connectivity index (χ3n) is 3.57.